The highest BCUT2D eigenvalue weighted by Gasteiger charge is 2.12. The Labute approximate surface area is 118 Å². The summed E-state index contributed by atoms with van der Waals surface area (Å²) < 4.78 is 18.5. The van der Waals surface area contributed by atoms with Gasteiger partial charge in [-0.3, -0.25) is 0 Å². The predicted octanol–water partition coefficient (Wildman–Crippen LogP) is 3.36. The van der Waals surface area contributed by atoms with Gasteiger partial charge in [-0.05, 0) is 12.5 Å². The van der Waals surface area contributed by atoms with Crippen LogP contribution in [0.15, 0.2) is 36.4 Å². The lowest BCUT2D eigenvalue weighted by Gasteiger charge is -2.22. The molecule has 0 unspecified atom stereocenters. The van der Waals surface area contributed by atoms with Crippen LogP contribution in [0.2, 0.25) is 0 Å². The third-order valence-electron chi connectivity index (χ3n) is 3.25. The molecule has 0 aromatic heterocycles. The molecule has 0 amide bonds. The number of nitrogen functional groups attached to an aromatic ring is 1. The van der Waals surface area contributed by atoms with E-state index in [2.05, 4.69) is 31.2 Å². The van der Waals surface area contributed by atoms with Gasteiger partial charge in [0.25, 0.3) is 0 Å². The van der Waals surface area contributed by atoms with E-state index in [1.54, 1.807) is 6.07 Å². The van der Waals surface area contributed by atoms with Gasteiger partial charge < -0.3 is 15.4 Å². The molecule has 0 heterocycles. The van der Waals surface area contributed by atoms with Gasteiger partial charge in [0, 0.05) is 25.7 Å². The first-order chi connectivity index (χ1) is 9.51. The van der Waals surface area contributed by atoms with Crippen molar-refractivity contribution in [1.29, 1.82) is 0 Å². The van der Waals surface area contributed by atoms with E-state index in [1.165, 1.54) is 24.3 Å². The molecule has 0 aliphatic heterocycles. The minimum Gasteiger partial charge on any atom is -0.494 e. The lowest BCUT2D eigenvalue weighted by atomic mass is 10.1. The maximum Gasteiger partial charge on any atom is 0.167 e. The van der Waals surface area contributed by atoms with E-state index in [1.807, 2.05) is 11.9 Å². The van der Waals surface area contributed by atoms with E-state index in [9.17, 15) is 4.39 Å². The van der Waals surface area contributed by atoms with Gasteiger partial charge in [-0.15, -0.1) is 0 Å². The van der Waals surface area contributed by atoms with Crippen molar-refractivity contribution in [2.45, 2.75) is 13.5 Å². The molecule has 0 saturated heterocycles. The Morgan fingerprint density at radius 3 is 2.45 bits per heavy atom. The summed E-state index contributed by atoms with van der Waals surface area (Å²) in [7, 11) is 3.36. The molecular formula is C16H19FN2O. The van der Waals surface area contributed by atoms with Gasteiger partial charge in [0.15, 0.2) is 11.6 Å². The summed E-state index contributed by atoms with van der Waals surface area (Å²) in [4.78, 5) is 1.97. The minimum absolute atomic E-state index is 0.199. The zero-order chi connectivity index (χ0) is 14.7. The number of hydrogen-bond donors (Lipinski definition) is 1. The smallest absolute Gasteiger partial charge is 0.167 e. The van der Waals surface area contributed by atoms with Gasteiger partial charge in [0.1, 0.15) is 0 Å². The van der Waals surface area contributed by atoms with E-state index >= 15 is 0 Å². The first-order valence-corrected chi connectivity index (χ1v) is 6.41. The summed E-state index contributed by atoms with van der Waals surface area (Å²) >= 11 is 0. The van der Waals surface area contributed by atoms with Crippen LogP contribution in [0.1, 0.15) is 11.1 Å². The summed E-state index contributed by atoms with van der Waals surface area (Å²) in [5, 5.41) is 0. The fraction of sp³-hybridized carbons (Fsp3) is 0.250. The molecule has 2 aromatic carbocycles. The third-order valence-corrected chi connectivity index (χ3v) is 3.25. The van der Waals surface area contributed by atoms with E-state index in [-0.39, 0.29) is 5.75 Å². The number of methoxy groups -OCH3 is 1. The summed E-state index contributed by atoms with van der Waals surface area (Å²) in [5.41, 5.74) is 9.43. The maximum absolute atomic E-state index is 13.5. The highest BCUT2D eigenvalue weighted by Crippen LogP contribution is 2.31. The number of benzene rings is 2. The molecule has 0 bridgehead atoms. The van der Waals surface area contributed by atoms with Gasteiger partial charge in [-0.2, -0.15) is 0 Å². The highest BCUT2D eigenvalue weighted by molar-refractivity contribution is 5.69. The van der Waals surface area contributed by atoms with E-state index in [4.69, 9.17) is 10.5 Å². The largest absolute Gasteiger partial charge is 0.494 e. The van der Waals surface area contributed by atoms with Crippen LogP contribution < -0.4 is 15.4 Å². The van der Waals surface area contributed by atoms with Crippen molar-refractivity contribution in [1.82, 2.24) is 0 Å². The predicted molar refractivity (Wildman–Crippen MR) is 80.7 cm³/mol. The number of halogens is 1. The van der Waals surface area contributed by atoms with Crippen molar-refractivity contribution in [3.63, 3.8) is 0 Å². The summed E-state index contributed by atoms with van der Waals surface area (Å²) in [6, 6.07) is 11.2. The molecule has 106 valence electrons. The lowest BCUT2D eigenvalue weighted by Crippen LogP contribution is -2.18. The first kappa shape index (κ1) is 14.2. The molecule has 0 aliphatic rings. The van der Waals surface area contributed by atoms with E-state index < -0.39 is 5.82 Å². The number of rotatable bonds is 4. The van der Waals surface area contributed by atoms with Crippen LogP contribution in [0.4, 0.5) is 15.8 Å². The average Bonchev–Trinajstić information content (AvgIpc) is 2.41. The Morgan fingerprint density at radius 2 is 1.85 bits per heavy atom. The summed E-state index contributed by atoms with van der Waals surface area (Å²) in [6.07, 6.45) is 0. The van der Waals surface area contributed by atoms with Crippen LogP contribution in [0.25, 0.3) is 0 Å². The topological polar surface area (TPSA) is 38.5 Å². The van der Waals surface area contributed by atoms with Crippen molar-refractivity contribution < 1.29 is 9.13 Å². The van der Waals surface area contributed by atoms with Crippen LogP contribution >= 0.6 is 0 Å². The average molecular weight is 274 g/mol. The molecule has 0 saturated carbocycles. The molecule has 20 heavy (non-hydrogen) atoms. The zero-order valence-electron chi connectivity index (χ0n) is 12.0. The molecule has 2 aromatic rings. The first-order valence-electron chi connectivity index (χ1n) is 6.41. The molecule has 2 rings (SSSR count). The number of nitrogens with two attached hydrogens (primary N) is 1. The molecule has 0 atom stereocenters. The molecule has 3 nitrogen and oxygen atoms in total. The Balaban J connectivity index is 2.24. The molecule has 0 fully saturated rings. The minimum atomic E-state index is -0.447. The Morgan fingerprint density at radius 1 is 1.20 bits per heavy atom. The fourth-order valence-electron chi connectivity index (χ4n) is 2.10. The quantitative estimate of drug-likeness (QED) is 0.869. The van der Waals surface area contributed by atoms with Crippen LogP contribution in [-0.2, 0) is 6.54 Å². The van der Waals surface area contributed by atoms with Gasteiger partial charge >= 0.3 is 0 Å². The van der Waals surface area contributed by atoms with Crippen molar-refractivity contribution in [3.8, 4) is 5.75 Å². The third kappa shape index (κ3) is 3.02. The fourth-order valence-corrected chi connectivity index (χ4v) is 2.10. The van der Waals surface area contributed by atoms with E-state index in [0.29, 0.717) is 12.2 Å². The molecule has 0 radical (unpaired) electrons. The Bertz CT molecular complexity index is 596. The van der Waals surface area contributed by atoms with Gasteiger partial charge in [0.05, 0.1) is 18.5 Å². The molecule has 0 spiro atoms. The number of anilines is 2. The molecule has 2 N–H and O–H groups in total. The summed E-state index contributed by atoms with van der Waals surface area (Å²) in [6.45, 7) is 2.75. The normalized spacial score (nSPS) is 10.4. The molecular weight excluding hydrogens is 255 g/mol. The van der Waals surface area contributed by atoms with Crippen LogP contribution in [0.5, 0.6) is 5.75 Å². The number of aryl methyl sites for hydroxylation is 1. The van der Waals surface area contributed by atoms with Crippen LogP contribution in [0.3, 0.4) is 0 Å². The van der Waals surface area contributed by atoms with Crippen LogP contribution in [-0.4, -0.2) is 14.2 Å². The Hall–Kier alpha value is -2.23. The molecule has 0 aliphatic carbocycles. The maximum atomic E-state index is 13.5. The molecule has 4 heteroatoms. The Kier molecular flexibility index (Phi) is 4.13. The van der Waals surface area contributed by atoms with Crippen molar-refractivity contribution in [3.05, 3.63) is 53.3 Å². The monoisotopic (exact) mass is 274 g/mol. The van der Waals surface area contributed by atoms with Crippen molar-refractivity contribution >= 4 is 11.4 Å². The van der Waals surface area contributed by atoms with Crippen LogP contribution in [0, 0.1) is 12.7 Å². The second-order valence-corrected chi connectivity index (χ2v) is 4.89. The highest BCUT2D eigenvalue weighted by atomic mass is 19.1. The number of ether oxygens (including phenoxy) is 1. The van der Waals surface area contributed by atoms with E-state index in [0.717, 1.165) is 5.69 Å². The van der Waals surface area contributed by atoms with Gasteiger partial charge in [0.2, 0.25) is 0 Å². The number of hydrogen-bond acceptors (Lipinski definition) is 3. The zero-order valence-corrected chi connectivity index (χ0v) is 12.0. The van der Waals surface area contributed by atoms with Crippen molar-refractivity contribution in [2.75, 3.05) is 24.8 Å². The SMILES string of the molecule is COc1cc(N(C)Cc2ccc(C)cc2)c(N)cc1F. The number of nitrogens with zero attached hydrogens (tertiary/aromatic N) is 1. The van der Waals surface area contributed by atoms with Gasteiger partial charge in [-0.25, -0.2) is 4.39 Å². The van der Waals surface area contributed by atoms with Crippen molar-refractivity contribution in [2.24, 2.45) is 0 Å². The second-order valence-electron chi connectivity index (χ2n) is 4.89. The lowest BCUT2D eigenvalue weighted by molar-refractivity contribution is 0.387. The standard InChI is InChI=1S/C16H19FN2O/c1-11-4-6-12(7-5-11)10-19(2)15-9-16(20-3)13(17)8-14(15)18/h4-9H,10,18H2,1-3H3. The van der Waals surface area contributed by atoms with Gasteiger partial charge in [-0.1, -0.05) is 29.8 Å². The summed E-state index contributed by atoms with van der Waals surface area (Å²) in [5.74, 6) is -0.248. The second kappa shape index (κ2) is 5.82.